The number of hydrogen-bond acceptors (Lipinski definition) is 10. The monoisotopic (exact) mass is 536 g/mol. The van der Waals surface area contributed by atoms with E-state index in [-0.39, 0.29) is 64.2 Å². The molecule has 0 aliphatic heterocycles. The maximum absolute atomic E-state index is 11.3. The smallest absolute Gasteiger partial charge is 0.857 e. The minimum Gasteiger partial charge on any atom is -0.857 e. The summed E-state index contributed by atoms with van der Waals surface area (Å²) in [7, 11) is 0. The zero-order valence-electron chi connectivity index (χ0n) is 18.4. The molecule has 5 aromatic rings. The van der Waals surface area contributed by atoms with Crippen LogP contribution in [0.15, 0.2) is 48.8 Å². The van der Waals surface area contributed by atoms with Gasteiger partial charge < -0.3 is 42.6 Å². The molecule has 4 aromatic heterocycles. The third-order valence-corrected chi connectivity index (χ3v) is 4.23. The van der Waals surface area contributed by atoms with Crippen LogP contribution in [0.3, 0.4) is 0 Å². The van der Waals surface area contributed by atoms with Gasteiger partial charge in [0.05, 0.1) is 22.7 Å². The standard InChI is InChI=1S/C12H8N2.C8H7N5O3.4H2O.Zn/c1-3-9-5-6-10-4-2-8-14-12(10)11(9)13-7-1;1-2-3(7(15)16)11-4-5(10-2)12-8(9)13-6(4)14;;;;;/h1-8H;1H3,(H,15,16)(H3,9,10,12,13,14);4*1H2;/q;;;;;;+2/p-1. The number of rotatable bonds is 1. The number of anilines is 1. The summed E-state index contributed by atoms with van der Waals surface area (Å²) in [4.78, 5) is 33.8. The van der Waals surface area contributed by atoms with E-state index in [1.165, 1.54) is 6.92 Å². The number of carboxylic acids is 1. The van der Waals surface area contributed by atoms with Crippen molar-refractivity contribution < 1.29 is 56.4 Å². The quantitative estimate of drug-likeness (QED) is 0.129. The van der Waals surface area contributed by atoms with Crippen molar-refractivity contribution in [2.24, 2.45) is 0 Å². The van der Waals surface area contributed by atoms with Gasteiger partial charge in [0.2, 0.25) is 5.95 Å². The molecule has 0 saturated heterocycles. The van der Waals surface area contributed by atoms with Crippen LogP contribution in [0.2, 0.25) is 0 Å². The number of hydrogen-bond donors (Lipinski definition) is 1. The maximum atomic E-state index is 11.3. The van der Waals surface area contributed by atoms with E-state index in [9.17, 15) is 15.0 Å². The molecule has 5 rings (SSSR count). The average Bonchev–Trinajstić information content (AvgIpc) is 2.73. The summed E-state index contributed by atoms with van der Waals surface area (Å²) >= 11 is 0. The Kier molecular flexibility index (Phi) is 12.9. The van der Waals surface area contributed by atoms with Gasteiger partial charge in [-0.25, -0.2) is 15.0 Å². The fourth-order valence-electron chi connectivity index (χ4n) is 2.89. The van der Waals surface area contributed by atoms with Gasteiger partial charge in [-0.15, -0.1) is 0 Å². The van der Waals surface area contributed by atoms with Gasteiger partial charge in [0.15, 0.2) is 5.65 Å². The molecule has 0 saturated carbocycles. The summed E-state index contributed by atoms with van der Waals surface area (Å²) in [5.41, 5.74) is 6.64. The van der Waals surface area contributed by atoms with Crippen LogP contribution in [0.5, 0.6) is 5.88 Å². The Balaban J connectivity index is 0. The first-order valence-electron chi connectivity index (χ1n) is 8.72. The fourth-order valence-corrected chi connectivity index (χ4v) is 2.89. The molecular weight excluding hydrogens is 516 g/mol. The summed E-state index contributed by atoms with van der Waals surface area (Å²) in [5, 5.41) is 24.3. The van der Waals surface area contributed by atoms with Crippen molar-refractivity contribution in [3.8, 4) is 5.88 Å². The van der Waals surface area contributed by atoms with Crippen LogP contribution in [0.4, 0.5) is 5.95 Å². The van der Waals surface area contributed by atoms with E-state index in [4.69, 9.17) is 5.73 Å². The van der Waals surface area contributed by atoms with E-state index in [1.54, 1.807) is 12.4 Å². The molecule has 4 heterocycles. The van der Waals surface area contributed by atoms with Crippen molar-refractivity contribution in [1.29, 1.82) is 0 Å². The van der Waals surface area contributed by atoms with Crippen molar-refractivity contribution in [2.75, 3.05) is 5.73 Å². The molecule has 180 valence electrons. The SMILES string of the molecule is Cc1nc2nc(N)nc([O-])c2nc1C(=O)[O-].O.O.O.[OH3+].[Zn+2].c1cnc2c(c1)ccc1cccnc12. The van der Waals surface area contributed by atoms with Crippen LogP contribution in [0.25, 0.3) is 33.0 Å². The number of carbonyl (C=O) groups excluding carboxylic acids is 1. The first-order chi connectivity index (χ1) is 14.4. The van der Waals surface area contributed by atoms with Gasteiger partial charge in [-0.3, -0.25) is 9.97 Å². The number of aryl methyl sites for hydroxylation is 1. The molecule has 35 heavy (non-hydrogen) atoms. The Bertz CT molecular complexity index is 1390. The second kappa shape index (κ2) is 13.6. The molecule has 0 bridgehead atoms. The molecule has 14 nitrogen and oxygen atoms in total. The summed E-state index contributed by atoms with van der Waals surface area (Å²) < 4.78 is 0. The van der Waals surface area contributed by atoms with Crippen LogP contribution in [0.1, 0.15) is 16.2 Å². The van der Waals surface area contributed by atoms with E-state index in [1.807, 2.05) is 12.1 Å². The first kappa shape index (κ1) is 33.2. The Hall–Kier alpha value is -4.01. The van der Waals surface area contributed by atoms with Gasteiger partial charge in [-0.05, 0) is 19.1 Å². The number of nitrogens with zero attached hydrogens (tertiary/aromatic N) is 6. The molecule has 0 radical (unpaired) electrons. The maximum Gasteiger partial charge on any atom is 2.00 e. The molecule has 0 spiro atoms. The van der Waals surface area contributed by atoms with Crippen LogP contribution < -0.4 is 15.9 Å². The number of benzene rings is 1. The zero-order valence-corrected chi connectivity index (χ0v) is 21.4. The molecule has 11 N–H and O–H groups in total. The van der Waals surface area contributed by atoms with Crippen molar-refractivity contribution in [3.05, 3.63) is 60.2 Å². The number of aromatic nitrogens is 6. The second-order valence-electron chi connectivity index (χ2n) is 6.22. The Morgan fingerprint density at radius 2 is 1.34 bits per heavy atom. The number of carboxylic acid groups (broad SMARTS) is 1. The molecule has 0 unspecified atom stereocenters. The molecule has 0 fully saturated rings. The normalized spacial score (nSPS) is 9.17. The van der Waals surface area contributed by atoms with E-state index in [2.05, 4.69) is 54.2 Å². The van der Waals surface area contributed by atoms with Crippen molar-refractivity contribution in [1.82, 2.24) is 29.9 Å². The van der Waals surface area contributed by atoms with Crippen LogP contribution in [-0.4, -0.2) is 52.3 Å². The number of nitrogen functional groups attached to an aromatic ring is 1. The van der Waals surface area contributed by atoms with E-state index in [0.717, 1.165) is 21.8 Å². The van der Waals surface area contributed by atoms with Gasteiger partial charge in [-0.1, -0.05) is 24.3 Å². The van der Waals surface area contributed by atoms with Gasteiger partial charge in [0.25, 0.3) is 0 Å². The van der Waals surface area contributed by atoms with Gasteiger partial charge in [0.1, 0.15) is 11.2 Å². The molecule has 0 aliphatic rings. The van der Waals surface area contributed by atoms with Crippen molar-refractivity contribution in [2.45, 2.75) is 6.92 Å². The molecule has 0 atom stereocenters. The molecule has 15 heteroatoms. The third kappa shape index (κ3) is 6.75. The first-order valence-corrected chi connectivity index (χ1v) is 8.72. The summed E-state index contributed by atoms with van der Waals surface area (Å²) in [6.07, 6.45) is 3.60. The van der Waals surface area contributed by atoms with Crippen LogP contribution in [-0.2, 0) is 25.0 Å². The van der Waals surface area contributed by atoms with Gasteiger partial charge >= 0.3 is 19.5 Å². The third-order valence-electron chi connectivity index (χ3n) is 4.23. The average molecular weight is 538 g/mol. The van der Waals surface area contributed by atoms with Gasteiger partial charge in [0, 0.05) is 29.0 Å². The number of pyridine rings is 2. The number of carbonyl (C=O) groups is 1. The Morgan fingerprint density at radius 1 is 0.829 bits per heavy atom. The molecule has 0 amide bonds. The minimum absolute atomic E-state index is 0. The minimum atomic E-state index is -1.51. The molecule has 0 aliphatic carbocycles. The number of nitrogens with two attached hydrogens (primary N) is 1. The number of aromatic carboxylic acids is 1. The Morgan fingerprint density at radius 3 is 1.83 bits per heavy atom. The predicted molar refractivity (Wildman–Crippen MR) is 121 cm³/mol. The summed E-state index contributed by atoms with van der Waals surface area (Å²) in [5.74, 6) is -2.51. The van der Waals surface area contributed by atoms with Crippen LogP contribution in [0, 0.1) is 6.92 Å². The largest absolute Gasteiger partial charge is 2.00 e. The number of fused-ring (bicyclic) bond motifs is 4. The Labute approximate surface area is 209 Å². The van der Waals surface area contributed by atoms with E-state index >= 15 is 0 Å². The topological polar surface area (TPSA) is 294 Å². The van der Waals surface area contributed by atoms with Gasteiger partial charge in [-0.2, -0.15) is 4.98 Å². The van der Waals surface area contributed by atoms with Crippen molar-refractivity contribution >= 4 is 44.9 Å². The predicted octanol–water partition coefficient (Wildman–Crippen LogP) is -2.87. The van der Waals surface area contributed by atoms with E-state index < -0.39 is 17.5 Å². The zero-order chi connectivity index (χ0) is 21.3. The fraction of sp³-hybridized carbons (Fsp3) is 0.0500. The molecule has 1 aromatic carbocycles. The van der Waals surface area contributed by atoms with Crippen molar-refractivity contribution in [3.63, 3.8) is 0 Å². The summed E-state index contributed by atoms with van der Waals surface area (Å²) in [6.45, 7) is 1.42. The summed E-state index contributed by atoms with van der Waals surface area (Å²) in [6, 6.07) is 12.1. The van der Waals surface area contributed by atoms with E-state index in [0.29, 0.717) is 0 Å². The van der Waals surface area contributed by atoms with Crippen LogP contribution >= 0.6 is 0 Å². The second-order valence-corrected chi connectivity index (χ2v) is 6.22. The molecular formula is C20H22N7O7Zn+.